The van der Waals surface area contributed by atoms with Crippen LogP contribution in [-0.2, 0) is 29.2 Å². The second-order valence-electron chi connectivity index (χ2n) is 2.31. The molecule has 7 nitrogen and oxygen atoms in total. The van der Waals surface area contributed by atoms with Crippen molar-refractivity contribution in [1.29, 1.82) is 0 Å². The van der Waals surface area contributed by atoms with Gasteiger partial charge < -0.3 is 10.9 Å². The Morgan fingerprint density at radius 3 is 2.07 bits per heavy atom. The summed E-state index contributed by atoms with van der Waals surface area (Å²) < 4.78 is 38.1. The van der Waals surface area contributed by atoms with E-state index in [-0.39, 0.29) is 52.8 Å². The van der Waals surface area contributed by atoms with Crippen molar-refractivity contribution in [2.75, 3.05) is 14.2 Å². The van der Waals surface area contributed by atoms with Gasteiger partial charge in [-0.15, -0.1) is 0 Å². The molecule has 0 saturated heterocycles. The SMILES string of the molecule is COC(=O)CC(C(=O)OC)S(=O)(=O)O.[H-].[K+]. The summed E-state index contributed by atoms with van der Waals surface area (Å²) in [4.78, 5) is 21.5. The van der Waals surface area contributed by atoms with Gasteiger partial charge in [0, 0.05) is 0 Å². The zero-order valence-corrected chi connectivity index (χ0v) is 12.5. The number of ether oxygens (including phenoxy) is 2. The van der Waals surface area contributed by atoms with Gasteiger partial charge in [0.15, 0.2) is 5.25 Å². The monoisotopic (exact) mass is 266 g/mol. The minimum Gasteiger partial charge on any atom is -1.00 e. The second-order valence-corrected chi connectivity index (χ2v) is 3.91. The van der Waals surface area contributed by atoms with E-state index in [1.807, 2.05) is 0 Å². The topological polar surface area (TPSA) is 107 Å². The third-order valence-corrected chi connectivity index (χ3v) is 2.48. The molecule has 0 spiro atoms. The van der Waals surface area contributed by atoms with Crippen LogP contribution in [0.5, 0.6) is 0 Å². The van der Waals surface area contributed by atoms with Crippen LogP contribution in [0.15, 0.2) is 0 Å². The number of carbonyl (C=O) groups excluding carboxylic acids is 2. The summed E-state index contributed by atoms with van der Waals surface area (Å²) in [5, 5.41) is -1.93. The Kier molecular flexibility index (Phi) is 9.18. The van der Waals surface area contributed by atoms with Gasteiger partial charge in [0.25, 0.3) is 10.1 Å². The zero-order chi connectivity index (χ0) is 11.4. The molecule has 0 rings (SSSR count). The molecule has 0 aromatic rings. The molecule has 1 N–H and O–H groups in total. The number of hydrogen-bond acceptors (Lipinski definition) is 6. The summed E-state index contributed by atoms with van der Waals surface area (Å²) in [6.07, 6.45) is -0.776. The van der Waals surface area contributed by atoms with Crippen LogP contribution in [0.4, 0.5) is 0 Å². The molecule has 0 aliphatic carbocycles. The molecule has 15 heavy (non-hydrogen) atoms. The van der Waals surface area contributed by atoms with Gasteiger partial charge in [-0.1, -0.05) is 0 Å². The first kappa shape index (κ1) is 17.9. The van der Waals surface area contributed by atoms with E-state index < -0.39 is 33.7 Å². The van der Waals surface area contributed by atoms with Crippen molar-refractivity contribution in [2.45, 2.75) is 11.7 Å². The Morgan fingerprint density at radius 1 is 1.33 bits per heavy atom. The van der Waals surface area contributed by atoms with Crippen LogP contribution < -0.4 is 51.4 Å². The maximum Gasteiger partial charge on any atom is 1.00 e. The van der Waals surface area contributed by atoms with E-state index in [0.717, 1.165) is 14.2 Å². The summed E-state index contributed by atoms with van der Waals surface area (Å²) in [5.74, 6) is -2.14. The Bertz CT molecular complexity index is 328. The zero-order valence-electron chi connectivity index (χ0n) is 9.59. The number of methoxy groups -OCH3 is 2. The molecule has 0 bridgehead atoms. The van der Waals surface area contributed by atoms with E-state index >= 15 is 0 Å². The normalized spacial score (nSPS) is 12.2. The van der Waals surface area contributed by atoms with E-state index in [9.17, 15) is 18.0 Å². The van der Waals surface area contributed by atoms with Crippen molar-refractivity contribution in [1.82, 2.24) is 0 Å². The van der Waals surface area contributed by atoms with E-state index in [1.165, 1.54) is 0 Å². The minimum absolute atomic E-state index is 0. The van der Waals surface area contributed by atoms with E-state index in [4.69, 9.17) is 4.55 Å². The van der Waals surface area contributed by atoms with Crippen LogP contribution in [0.1, 0.15) is 7.85 Å². The van der Waals surface area contributed by atoms with Crippen LogP contribution in [0.25, 0.3) is 0 Å². The molecule has 0 amide bonds. The molecule has 0 aromatic heterocycles. The average Bonchev–Trinajstić information content (AvgIpc) is 2.10. The number of carbonyl (C=O) groups is 2. The largest absolute Gasteiger partial charge is 1.00 e. The van der Waals surface area contributed by atoms with Gasteiger partial charge in [0.1, 0.15) is 0 Å². The fourth-order valence-corrected chi connectivity index (χ4v) is 1.36. The van der Waals surface area contributed by atoms with Gasteiger partial charge in [-0.2, -0.15) is 8.42 Å². The Morgan fingerprint density at radius 2 is 1.80 bits per heavy atom. The van der Waals surface area contributed by atoms with Gasteiger partial charge >= 0.3 is 63.3 Å². The molecule has 84 valence electrons. The third-order valence-electron chi connectivity index (χ3n) is 1.40. The van der Waals surface area contributed by atoms with E-state index in [2.05, 4.69) is 9.47 Å². The van der Waals surface area contributed by atoms with Crippen molar-refractivity contribution >= 4 is 22.1 Å². The second kappa shape index (κ2) is 7.71. The molecular weight excluding hydrogens is 255 g/mol. The molecular formula is C6H11KO7S. The van der Waals surface area contributed by atoms with Crippen LogP contribution in [-0.4, -0.2) is 44.4 Å². The first-order chi connectivity index (χ1) is 6.32. The fourth-order valence-electron chi connectivity index (χ4n) is 0.676. The van der Waals surface area contributed by atoms with Crippen molar-refractivity contribution in [3.63, 3.8) is 0 Å². The molecule has 0 heterocycles. The van der Waals surface area contributed by atoms with Crippen LogP contribution in [0, 0.1) is 0 Å². The Labute approximate surface area is 131 Å². The van der Waals surface area contributed by atoms with Crippen molar-refractivity contribution in [2.24, 2.45) is 0 Å². The summed E-state index contributed by atoms with van der Waals surface area (Å²) in [6, 6.07) is 0. The molecule has 0 aliphatic rings. The smallest absolute Gasteiger partial charge is 1.00 e. The molecule has 0 fully saturated rings. The summed E-state index contributed by atoms with van der Waals surface area (Å²) >= 11 is 0. The van der Waals surface area contributed by atoms with Crippen molar-refractivity contribution in [3.05, 3.63) is 0 Å². The molecule has 1 atom stereocenters. The predicted molar refractivity (Wildman–Crippen MR) is 45.1 cm³/mol. The quantitative estimate of drug-likeness (QED) is 0.315. The number of rotatable bonds is 4. The first-order valence-electron chi connectivity index (χ1n) is 3.44. The first-order valence-corrected chi connectivity index (χ1v) is 4.94. The van der Waals surface area contributed by atoms with Gasteiger partial charge in [0.2, 0.25) is 0 Å². The molecule has 0 aromatic carbocycles. The number of hydrogen-bond donors (Lipinski definition) is 1. The van der Waals surface area contributed by atoms with E-state index in [0.29, 0.717) is 0 Å². The Balaban J connectivity index is -0.000000845. The average molecular weight is 266 g/mol. The van der Waals surface area contributed by atoms with Crippen molar-refractivity contribution < 1.29 is 84.8 Å². The Hall–Kier alpha value is 0.486. The standard InChI is InChI=1S/C6H10O7S.K.H/c1-12-5(7)3-4(6(8)13-2)14(9,10)11;;/h4H,3H2,1-2H3,(H,9,10,11);;/q;+1;-1. The van der Waals surface area contributed by atoms with Gasteiger partial charge in [-0.25, -0.2) is 0 Å². The predicted octanol–water partition coefficient (Wildman–Crippen LogP) is -3.90. The molecule has 1 unspecified atom stereocenters. The van der Waals surface area contributed by atoms with Crippen LogP contribution in [0.2, 0.25) is 0 Å². The summed E-state index contributed by atoms with van der Waals surface area (Å²) in [5.41, 5.74) is 0. The molecule has 9 heteroatoms. The number of esters is 2. The third kappa shape index (κ3) is 6.61. The summed E-state index contributed by atoms with van der Waals surface area (Å²) in [6.45, 7) is 0. The fraction of sp³-hybridized carbons (Fsp3) is 0.667. The minimum atomic E-state index is -4.66. The van der Waals surface area contributed by atoms with Crippen molar-refractivity contribution in [3.8, 4) is 0 Å². The summed E-state index contributed by atoms with van der Waals surface area (Å²) in [7, 11) is -2.69. The van der Waals surface area contributed by atoms with Gasteiger partial charge in [-0.3, -0.25) is 14.1 Å². The molecule has 0 saturated carbocycles. The molecule has 0 aliphatic heterocycles. The van der Waals surface area contributed by atoms with Gasteiger partial charge in [-0.05, 0) is 0 Å². The van der Waals surface area contributed by atoms with Crippen LogP contribution in [0.3, 0.4) is 0 Å². The maximum absolute atomic E-state index is 10.8. The van der Waals surface area contributed by atoms with Gasteiger partial charge in [0.05, 0.1) is 20.6 Å². The maximum atomic E-state index is 10.8. The van der Waals surface area contributed by atoms with E-state index in [1.54, 1.807) is 0 Å². The van der Waals surface area contributed by atoms with Crippen LogP contribution >= 0.6 is 0 Å². The molecule has 0 radical (unpaired) electrons.